The average Bonchev–Trinajstić information content (AvgIpc) is 2.97. The van der Waals surface area contributed by atoms with Gasteiger partial charge in [0.05, 0.1) is 5.39 Å². The highest BCUT2D eigenvalue weighted by Crippen LogP contribution is 2.41. The van der Waals surface area contributed by atoms with Gasteiger partial charge in [-0.05, 0) is 17.7 Å². The maximum absolute atomic E-state index is 6.08. The Labute approximate surface area is 137 Å². The number of hydrogen-bond acceptors (Lipinski definition) is 4. The van der Waals surface area contributed by atoms with Gasteiger partial charge in [-0.2, -0.15) is 0 Å². The quantitative estimate of drug-likeness (QED) is 0.576. The van der Waals surface area contributed by atoms with Crippen LogP contribution in [0.2, 0.25) is 5.02 Å². The minimum absolute atomic E-state index is 0.394. The lowest BCUT2D eigenvalue weighted by Crippen LogP contribution is -1.92. The molecule has 23 heavy (non-hydrogen) atoms. The molecule has 0 aliphatic heterocycles. The van der Waals surface area contributed by atoms with Crippen molar-refractivity contribution < 1.29 is 4.42 Å². The van der Waals surface area contributed by atoms with Crippen molar-refractivity contribution in [3.8, 4) is 22.5 Å². The minimum atomic E-state index is 0.394. The maximum atomic E-state index is 6.08. The van der Waals surface area contributed by atoms with Crippen LogP contribution in [0.1, 0.15) is 0 Å². The number of aromatic nitrogens is 2. The van der Waals surface area contributed by atoms with Crippen molar-refractivity contribution in [2.45, 2.75) is 0 Å². The van der Waals surface area contributed by atoms with Gasteiger partial charge >= 0.3 is 0 Å². The summed E-state index contributed by atoms with van der Waals surface area (Å²) in [6.45, 7) is 0. The number of benzene rings is 2. The monoisotopic (exact) mass is 321 g/mol. The van der Waals surface area contributed by atoms with E-state index in [1.165, 1.54) is 6.33 Å². The highest BCUT2D eigenvalue weighted by molar-refractivity contribution is 6.30. The van der Waals surface area contributed by atoms with Crippen LogP contribution in [0.25, 0.3) is 33.6 Å². The maximum Gasteiger partial charge on any atom is 0.232 e. The van der Waals surface area contributed by atoms with Crippen molar-refractivity contribution in [1.82, 2.24) is 9.97 Å². The summed E-state index contributed by atoms with van der Waals surface area (Å²) < 4.78 is 5.99. The molecule has 112 valence electrons. The van der Waals surface area contributed by atoms with Crippen molar-refractivity contribution in [2.24, 2.45) is 0 Å². The molecular formula is C18H12ClN3O. The minimum Gasteiger partial charge on any atom is -0.437 e. The lowest BCUT2D eigenvalue weighted by atomic mass is 9.99. The lowest BCUT2D eigenvalue weighted by Gasteiger charge is -2.04. The van der Waals surface area contributed by atoms with Crippen molar-refractivity contribution in [1.29, 1.82) is 0 Å². The van der Waals surface area contributed by atoms with Gasteiger partial charge in [0.15, 0.2) is 0 Å². The summed E-state index contributed by atoms with van der Waals surface area (Å²) >= 11 is 6.01. The Balaban J connectivity index is 2.08. The molecule has 4 aromatic rings. The Hall–Kier alpha value is -2.85. The molecule has 0 bridgehead atoms. The highest BCUT2D eigenvalue weighted by atomic mass is 35.5. The number of nitrogens with two attached hydrogens (primary N) is 1. The normalized spacial score (nSPS) is 11.0. The van der Waals surface area contributed by atoms with Crippen molar-refractivity contribution in [2.75, 3.05) is 5.73 Å². The van der Waals surface area contributed by atoms with Crippen LogP contribution in [0.15, 0.2) is 65.3 Å². The molecule has 0 unspecified atom stereocenters. The summed E-state index contributed by atoms with van der Waals surface area (Å²) in [6.07, 6.45) is 1.40. The van der Waals surface area contributed by atoms with Crippen LogP contribution in [0.5, 0.6) is 0 Å². The van der Waals surface area contributed by atoms with Gasteiger partial charge in [0.2, 0.25) is 5.71 Å². The van der Waals surface area contributed by atoms with Crippen LogP contribution in [0.3, 0.4) is 0 Å². The molecule has 0 fully saturated rings. The molecule has 5 heteroatoms. The van der Waals surface area contributed by atoms with Crippen molar-refractivity contribution >= 4 is 28.5 Å². The van der Waals surface area contributed by atoms with Gasteiger partial charge in [-0.25, -0.2) is 9.97 Å². The number of nitrogen functional groups attached to an aromatic ring is 1. The number of anilines is 1. The highest BCUT2D eigenvalue weighted by Gasteiger charge is 2.20. The van der Waals surface area contributed by atoms with Gasteiger partial charge in [0.1, 0.15) is 17.9 Å². The van der Waals surface area contributed by atoms with E-state index in [0.29, 0.717) is 21.9 Å². The first kappa shape index (κ1) is 13.8. The Morgan fingerprint density at radius 3 is 2.35 bits per heavy atom. The Morgan fingerprint density at radius 2 is 1.61 bits per heavy atom. The number of fused-ring (bicyclic) bond motifs is 1. The molecule has 0 aliphatic rings. The van der Waals surface area contributed by atoms with Crippen molar-refractivity contribution in [3.05, 3.63) is 65.9 Å². The zero-order valence-corrected chi connectivity index (χ0v) is 12.8. The van der Waals surface area contributed by atoms with Crippen LogP contribution in [0, 0.1) is 0 Å². The van der Waals surface area contributed by atoms with E-state index >= 15 is 0 Å². The van der Waals surface area contributed by atoms with Crippen LogP contribution < -0.4 is 5.73 Å². The second-order valence-electron chi connectivity index (χ2n) is 5.12. The molecular weight excluding hydrogens is 310 g/mol. The first-order valence-corrected chi connectivity index (χ1v) is 7.46. The fourth-order valence-corrected chi connectivity index (χ4v) is 2.77. The Kier molecular flexibility index (Phi) is 3.24. The predicted octanol–water partition coefficient (Wildman–Crippen LogP) is 4.79. The van der Waals surface area contributed by atoms with Gasteiger partial charge in [0, 0.05) is 16.1 Å². The van der Waals surface area contributed by atoms with Crippen molar-refractivity contribution in [3.63, 3.8) is 0 Å². The summed E-state index contributed by atoms with van der Waals surface area (Å²) in [6, 6.07) is 17.4. The van der Waals surface area contributed by atoms with Crippen LogP contribution in [-0.4, -0.2) is 9.97 Å². The first-order valence-electron chi connectivity index (χ1n) is 7.08. The van der Waals surface area contributed by atoms with Gasteiger partial charge in [-0.15, -0.1) is 0 Å². The smallest absolute Gasteiger partial charge is 0.232 e. The number of furan rings is 1. The number of rotatable bonds is 2. The zero-order valence-electron chi connectivity index (χ0n) is 12.0. The third-order valence-electron chi connectivity index (χ3n) is 3.69. The lowest BCUT2D eigenvalue weighted by molar-refractivity contribution is 0.618. The number of halogens is 1. The molecule has 4 nitrogen and oxygen atoms in total. The first-order chi connectivity index (χ1) is 11.2. The third-order valence-corrected chi connectivity index (χ3v) is 3.94. The molecule has 4 rings (SSSR count). The van der Waals surface area contributed by atoms with E-state index in [1.54, 1.807) is 0 Å². The zero-order chi connectivity index (χ0) is 15.8. The average molecular weight is 322 g/mol. The second-order valence-corrected chi connectivity index (χ2v) is 5.55. The van der Waals surface area contributed by atoms with Crippen LogP contribution in [-0.2, 0) is 0 Å². The molecule has 2 N–H and O–H groups in total. The summed E-state index contributed by atoms with van der Waals surface area (Å²) in [5, 5.41) is 1.39. The van der Waals surface area contributed by atoms with Gasteiger partial charge in [-0.3, -0.25) is 0 Å². The standard InChI is InChI=1S/C18H12ClN3O/c19-13-8-6-11(7-9-13)14-15-17(20)21-10-22-18(15)23-16(14)12-4-2-1-3-5-12/h1-10H,(H2,20,21,22). The molecule has 0 aliphatic carbocycles. The van der Waals surface area contributed by atoms with E-state index in [0.717, 1.165) is 22.5 Å². The van der Waals surface area contributed by atoms with Gasteiger partial charge in [0.25, 0.3) is 0 Å². The second kappa shape index (κ2) is 5.41. The molecule has 0 spiro atoms. The number of nitrogens with zero attached hydrogens (tertiary/aromatic N) is 2. The molecule has 2 heterocycles. The molecule has 0 amide bonds. The third kappa shape index (κ3) is 2.33. The van der Waals surface area contributed by atoms with Crippen LogP contribution >= 0.6 is 11.6 Å². The van der Waals surface area contributed by atoms with E-state index in [4.69, 9.17) is 21.8 Å². The van der Waals surface area contributed by atoms with E-state index in [9.17, 15) is 0 Å². The molecule has 0 atom stereocenters. The fraction of sp³-hybridized carbons (Fsp3) is 0. The van der Waals surface area contributed by atoms with Gasteiger partial charge < -0.3 is 10.2 Å². The summed E-state index contributed by atoms with van der Waals surface area (Å²) in [5.74, 6) is 1.11. The Morgan fingerprint density at radius 1 is 0.870 bits per heavy atom. The predicted molar refractivity (Wildman–Crippen MR) is 92.1 cm³/mol. The van der Waals surface area contributed by atoms with E-state index in [2.05, 4.69) is 9.97 Å². The molecule has 0 saturated heterocycles. The van der Waals surface area contributed by atoms with E-state index < -0.39 is 0 Å². The molecule has 0 saturated carbocycles. The van der Waals surface area contributed by atoms with E-state index in [-0.39, 0.29) is 0 Å². The number of hydrogen-bond donors (Lipinski definition) is 1. The van der Waals surface area contributed by atoms with Crippen LogP contribution in [0.4, 0.5) is 5.82 Å². The summed E-state index contributed by atoms with van der Waals surface area (Å²) in [4.78, 5) is 8.31. The fourth-order valence-electron chi connectivity index (χ4n) is 2.64. The molecule has 2 aromatic carbocycles. The molecule has 2 aromatic heterocycles. The van der Waals surface area contributed by atoms with Gasteiger partial charge in [-0.1, -0.05) is 54.1 Å². The summed E-state index contributed by atoms with van der Waals surface area (Å²) in [5.41, 5.74) is 9.33. The SMILES string of the molecule is Nc1ncnc2oc(-c3ccccc3)c(-c3ccc(Cl)cc3)c12. The largest absolute Gasteiger partial charge is 0.437 e. The van der Waals surface area contributed by atoms with E-state index in [1.807, 2.05) is 54.6 Å². The Bertz CT molecular complexity index is 979. The molecule has 0 radical (unpaired) electrons. The summed E-state index contributed by atoms with van der Waals surface area (Å²) in [7, 11) is 0. The topological polar surface area (TPSA) is 64.9 Å².